The topological polar surface area (TPSA) is 42.7 Å². The third-order valence-electron chi connectivity index (χ3n) is 2.56. The Bertz CT molecular complexity index is 333. The lowest BCUT2D eigenvalue weighted by Gasteiger charge is -2.31. The summed E-state index contributed by atoms with van der Waals surface area (Å²) in [6.07, 6.45) is 2.09. The van der Waals surface area contributed by atoms with Crippen LogP contribution in [0.3, 0.4) is 0 Å². The van der Waals surface area contributed by atoms with Gasteiger partial charge in [-0.1, -0.05) is 0 Å². The van der Waals surface area contributed by atoms with Crippen molar-refractivity contribution < 1.29 is 13.9 Å². The minimum atomic E-state index is -0.0635. The fraction of sp³-hybridized carbons (Fsp3) is 0.444. The van der Waals surface area contributed by atoms with E-state index in [0.29, 0.717) is 13.0 Å². The number of hydrogen-bond donors (Lipinski definition) is 0. The minimum absolute atomic E-state index is 0.00241. The lowest BCUT2D eigenvalue weighted by Crippen LogP contribution is -2.48. The van der Waals surface area contributed by atoms with Crippen molar-refractivity contribution in [3.63, 3.8) is 0 Å². The van der Waals surface area contributed by atoms with Crippen molar-refractivity contribution in [3.8, 4) is 0 Å². The van der Waals surface area contributed by atoms with Gasteiger partial charge in [-0.25, -0.2) is 0 Å². The van der Waals surface area contributed by atoms with Crippen LogP contribution < -0.4 is 0 Å². The number of nitrogens with zero attached hydrogens (tertiary/aromatic N) is 1. The zero-order valence-corrected chi connectivity index (χ0v) is 6.97. The molecule has 0 unspecified atom stereocenters. The summed E-state index contributed by atoms with van der Waals surface area (Å²) >= 11 is 0. The second kappa shape index (κ2) is 2.35. The molecule has 0 aliphatic carbocycles. The molecule has 0 saturated carbocycles. The Hall–Kier alpha value is -1.29. The van der Waals surface area contributed by atoms with Gasteiger partial charge in [0.2, 0.25) is 5.91 Å². The van der Waals surface area contributed by atoms with Gasteiger partial charge in [-0.05, 0) is 12.1 Å². The molecule has 3 rings (SSSR count). The van der Waals surface area contributed by atoms with Crippen molar-refractivity contribution in [1.29, 1.82) is 0 Å². The molecule has 2 saturated heterocycles. The fourth-order valence-electron chi connectivity index (χ4n) is 1.81. The number of rotatable bonds is 1. The van der Waals surface area contributed by atoms with Crippen molar-refractivity contribution in [1.82, 2.24) is 4.90 Å². The first-order chi connectivity index (χ1) is 6.34. The Morgan fingerprint density at radius 1 is 1.54 bits per heavy atom. The minimum Gasteiger partial charge on any atom is -0.467 e. The first-order valence-electron chi connectivity index (χ1n) is 4.33. The van der Waals surface area contributed by atoms with Crippen molar-refractivity contribution >= 4 is 5.91 Å². The molecule has 1 amide bonds. The van der Waals surface area contributed by atoms with E-state index >= 15 is 0 Å². The number of ether oxygens (including phenoxy) is 1. The molecule has 1 aromatic heterocycles. The quantitative estimate of drug-likeness (QED) is 0.602. The lowest BCUT2D eigenvalue weighted by atomic mass is 10.2. The first-order valence-corrected chi connectivity index (χ1v) is 4.33. The lowest BCUT2D eigenvalue weighted by molar-refractivity contribution is -0.156. The molecule has 4 heteroatoms. The first kappa shape index (κ1) is 7.15. The molecule has 13 heavy (non-hydrogen) atoms. The van der Waals surface area contributed by atoms with Crippen LogP contribution in [0.15, 0.2) is 22.8 Å². The molecular weight excluding hydrogens is 170 g/mol. The number of amides is 1. The SMILES string of the molecule is O=C1C[C@H]2O[C@H](c3ccco3)CN12. The monoisotopic (exact) mass is 179 g/mol. The molecule has 2 aliphatic rings. The number of hydrogen-bond acceptors (Lipinski definition) is 3. The second-order valence-electron chi connectivity index (χ2n) is 3.35. The molecule has 4 nitrogen and oxygen atoms in total. The van der Waals surface area contributed by atoms with Crippen molar-refractivity contribution in [2.45, 2.75) is 18.8 Å². The average Bonchev–Trinajstić information content (AvgIpc) is 2.69. The molecule has 2 aliphatic heterocycles. The summed E-state index contributed by atoms with van der Waals surface area (Å²) < 4.78 is 10.8. The van der Waals surface area contributed by atoms with Gasteiger partial charge in [0.1, 0.15) is 18.1 Å². The summed E-state index contributed by atoms with van der Waals surface area (Å²) in [7, 11) is 0. The smallest absolute Gasteiger partial charge is 0.229 e. The van der Waals surface area contributed by atoms with E-state index in [1.165, 1.54) is 0 Å². The Balaban J connectivity index is 1.80. The molecule has 0 spiro atoms. The Morgan fingerprint density at radius 3 is 3.08 bits per heavy atom. The number of β-lactam (4-membered cyclic amide) rings is 1. The zero-order chi connectivity index (χ0) is 8.84. The number of furan rings is 1. The zero-order valence-electron chi connectivity index (χ0n) is 6.97. The summed E-state index contributed by atoms with van der Waals surface area (Å²) in [5, 5.41) is 0. The van der Waals surface area contributed by atoms with E-state index in [-0.39, 0.29) is 18.2 Å². The van der Waals surface area contributed by atoms with Crippen LogP contribution in [-0.2, 0) is 9.53 Å². The summed E-state index contributed by atoms with van der Waals surface area (Å²) in [6, 6.07) is 3.71. The van der Waals surface area contributed by atoms with Gasteiger partial charge in [0.15, 0.2) is 0 Å². The molecule has 1 aromatic rings. The number of carbonyl (C=O) groups excluding carboxylic acids is 1. The standard InChI is InChI=1S/C9H9NO3/c11-8-4-9-10(8)5-7(13-9)6-2-1-3-12-6/h1-3,7,9H,4-5H2/t7-,9+/m0/s1. The van der Waals surface area contributed by atoms with Gasteiger partial charge in [-0.15, -0.1) is 0 Å². The number of fused-ring (bicyclic) bond motifs is 1. The largest absolute Gasteiger partial charge is 0.467 e. The summed E-state index contributed by atoms with van der Waals surface area (Å²) in [5.41, 5.74) is 0. The predicted molar refractivity (Wildman–Crippen MR) is 42.7 cm³/mol. The molecule has 2 fully saturated rings. The molecule has 68 valence electrons. The van der Waals surface area contributed by atoms with Crippen LogP contribution >= 0.6 is 0 Å². The highest BCUT2D eigenvalue weighted by Gasteiger charge is 2.46. The van der Waals surface area contributed by atoms with E-state index in [2.05, 4.69) is 0 Å². The maximum absolute atomic E-state index is 11.0. The van der Waals surface area contributed by atoms with Crippen LogP contribution in [-0.4, -0.2) is 23.6 Å². The molecule has 0 bridgehead atoms. The van der Waals surface area contributed by atoms with Gasteiger partial charge in [0.05, 0.1) is 19.2 Å². The fourth-order valence-corrected chi connectivity index (χ4v) is 1.81. The van der Waals surface area contributed by atoms with Crippen LogP contribution in [0, 0.1) is 0 Å². The van der Waals surface area contributed by atoms with Crippen LogP contribution in [0.1, 0.15) is 18.3 Å². The highest BCUT2D eigenvalue weighted by atomic mass is 16.5. The summed E-state index contributed by atoms with van der Waals surface area (Å²) in [4.78, 5) is 12.8. The third kappa shape index (κ3) is 0.920. The second-order valence-corrected chi connectivity index (χ2v) is 3.35. The maximum atomic E-state index is 11.0. The van der Waals surface area contributed by atoms with E-state index in [0.717, 1.165) is 5.76 Å². The maximum Gasteiger partial charge on any atom is 0.229 e. The Labute approximate surface area is 75.1 Å². The summed E-state index contributed by atoms with van der Waals surface area (Å²) in [5.74, 6) is 0.987. The van der Waals surface area contributed by atoms with Gasteiger partial charge in [0.25, 0.3) is 0 Å². The van der Waals surface area contributed by atoms with Gasteiger partial charge >= 0.3 is 0 Å². The van der Waals surface area contributed by atoms with Crippen LogP contribution in [0.25, 0.3) is 0 Å². The molecule has 0 aromatic carbocycles. The molecule has 3 heterocycles. The van der Waals surface area contributed by atoms with E-state index < -0.39 is 0 Å². The van der Waals surface area contributed by atoms with Crippen LogP contribution in [0.5, 0.6) is 0 Å². The Morgan fingerprint density at radius 2 is 2.46 bits per heavy atom. The molecule has 0 radical (unpaired) electrons. The predicted octanol–water partition coefficient (Wildman–Crippen LogP) is 0.909. The van der Waals surface area contributed by atoms with E-state index in [1.807, 2.05) is 12.1 Å². The van der Waals surface area contributed by atoms with Gasteiger partial charge in [-0.2, -0.15) is 0 Å². The highest BCUT2D eigenvalue weighted by Crippen LogP contribution is 2.36. The van der Waals surface area contributed by atoms with Crippen molar-refractivity contribution in [2.75, 3.05) is 6.54 Å². The van der Waals surface area contributed by atoms with E-state index in [1.54, 1.807) is 11.2 Å². The van der Waals surface area contributed by atoms with Crippen molar-refractivity contribution in [2.24, 2.45) is 0 Å². The van der Waals surface area contributed by atoms with Crippen LogP contribution in [0.2, 0.25) is 0 Å². The van der Waals surface area contributed by atoms with Gasteiger partial charge in [-0.3, -0.25) is 4.79 Å². The third-order valence-corrected chi connectivity index (χ3v) is 2.56. The highest BCUT2D eigenvalue weighted by molar-refractivity contribution is 5.83. The van der Waals surface area contributed by atoms with E-state index in [4.69, 9.17) is 9.15 Å². The molecule has 2 atom stereocenters. The van der Waals surface area contributed by atoms with Gasteiger partial charge < -0.3 is 14.1 Å². The Kier molecular flexibility index (Phi) is 1.29. The molecule has 0 N–H and O–H groups in total. The number of carbonyl (C=O) groups is 1. The van der Waals surface area contributed by atoms with Crippen LogP contribution in [0.4, 0.5) is 0 Å². The van der Waals surface area contributed by atoms with Gasteiger partial charge in [0, 0.05) is 0 Å². The average molecular weight is 179 g/mol. The van der Waals surface area contributed by atoms with Crippen molar-refractivity contribution in [3.05, 3.63) is 24.2 Å². The normalized spacial score (nSPS) is 31.7. The summed E-state index contributed by atoms with van der Waals surface area (Å²) in [6.45, 7) is 0.636. The van der Waals surface area contributed by atoms with E-state index in [9.17, 15) is 4.79 Å². The molecular formula is C9H9NO3.